The van der Waals surface area contributed by atoms with Crippen LogP contribution in [0.15, 0.2) is 29.2 Å². The number of sulfonamides is 1. The van der Waals surface area contributed by atoms with Crippen molar-refractivity contribution in [2.24, 2.45) is 0 Å². The Morgan fingerprint density at radius 3 is 2.41 bits per heavy atom. The van der Waals surface area contributed by atoms with Gasteiger partial charge in [0.15, 0.2) is 0 Å². The highest BCUT2D eigenvalue weighted by Gasteiger charge is 2.17. The van der Waals surface area contributed by atoms with E-state index in [1.807, 2.05) is 4.72 Å². The third-order valence-electron chi connectivity index (χ3n) is 1.86. The third kappa shape index (κ3) is 3.94. The molecule has 1 aromatic rings. The topological polar surface area (TPSA) is 72.5 Å². The molecule has 0 saturated carbocycles. The molecule has 1 N–H and O–H groups in total. The Morgan fingerprint density at radius 2 is 1.94 bits per heavy atom. The summed E-state index contributed by atoms with van der Waals surface area (Å²) in [6.07, 6.45) is 0. The standard InChI is InChI=1S/C10H13NO4S2/c1-3-16-10(12)11-17(13,14)9-6-4-8(15-2)5-7-9/h4-7H,3H2,1-2H3,(H,11,12). The molecule has 0 aliphatic rings. The molecule has 0 unspecified atom stereocenters. The molecule has 0 atom stereocenters. The van der Waals surface area contributed by atoms with E-state index in [2.05, 4.69) is 0 Å². The van der Waals surface area contributed by atoms with E-state index in [4.69, 9.17) is 4.74 Å². The number of rotatable bonds is 4. The molecule has 0 heterocycles. The quantitative estimate of drug-likeness (QED) is 0.907. The highest BCUT2D eigenvalue weighted by Crippen LogP contribution is 2.16. The Labute approximate surface area is 105 Å². The summed E-state index contributed by atoms with van der Waals surface area (Å²) in [6, 6.07) is 5.80. The first-order valence-electron chi connectivity index (χ1n) is 4.83. The zero-order valence-corrected chi connectivity index (χ0v) is 11.1. The van der Waals surface area contributed by atoms with Gasteiger partial charge in [0, 0.05) is 0 Å². The number of hydrogen-bond donors (Lipinski definition) is 1. The molecule has 5 nitrogen and oxygen atoms in total. The van der Waals surface area contributed by atoms with Gasteiger partial charge in [0.05, 0.1) is 12.0 Å². The summed E-state index contributed by atoms with van der Waals surface area (Å²) in [7, 11) is -2.29. The number of methoxy groups -OCH3 is 1. The first-order chi connectivity index (χ1) is 7.99. The van der Waals surface area contributed by atoms with E-state index in [1.54, 1.807) is 6.92 Å². The molecule has 0 aromatic heterocycles. The van der Waals surface area contributed by atoms with Gasteiger partial charge in [-0.1, -0.05) is 18.7 Å². The second kappa shape index (κ2) is 5.92. The normalized spacial score (nSPS) is 10.9. The first-order valence-corrected chi connectivity index (χ1v) is 7.30. The van der Waals surface area contributed by atoms with Crippen LogP contribution in [0.3, 0.4) is 0 Å². The minimum absolute atomic E-state index is 0.0309. The van der Waals surface area contributed by atoms with Crippen LogP contribution < -0.4 is 9.46 Å². The zero-order chi connectivity index (χ0) is 12.9. The fourth-order valence-electron chi connectivity index (χ4n) is 1.08. The number of benzene rings is 1. The average Bonchev–Trinajstić information content (AvgIpc) is 2.28. The van der Waals surface area contributed by atoms with E-state index in [1.165, 1.54) is 31.4 Å². The van der Waals surface area contributed by atoms with Gasteiger partial charge in [-0.05, 0) is 30.0 Å². The van der Waals surface area contributed by atoms with Gasteiger partial charge < -0.3 is 4.74 Å². The van der Waals surface area contributed by atoms with Gasteiger partial charge in [0.1, 0.15) is 5.75 Å². The molecule has 94 valence electrons. The summed E-state index contributed by atoms with van der Waals surface area (Å²) in [5.74, 6) is 1.07. The van der Waals surface area contributed by atoms with Gasteiger partial charge in [-0.3, -0.25) is 4.79 Å². The maximum Gasteiger partial charge on any atom is 0.292 e. The van der Waals surface area contributed by atoms with Crippen LogP contribution >= 0.6 is 11.8 Å². The summed E-state index contributed by atoms with van der Waals surface area (Å²) < 4.78 is 30.3. The SMILES string of the molecule is CCSC(=O)NS(=O)(=O)c1ccc(OC)cc1. The number of hydrogen-bond acceptors (Lipinski definition) is 5. The van der Waals surface area contributed by atoms with Gasteiger partial charge in [0.2, 0.25) is 0 Å². The van der Waals surface area contributed by atoms with Gasteiger partial charge in [0.25, 0.3) is 15.3 Å². The van der Waals surface area contributed by atoms with Crippen LogP contribution in [0, 0.1) is 0 Å². The number of ether oxygens (including phenoxy) is 1. The van der Waals surface area contributed by atoms with Gasteiger partial charge >= 0.3 is 0 Å². The fourth-order valence-corrected chi connectivity index (χ4v) is 2.74. The fraction of sp³-hybridized carbons (Fsp3) is 0.300. The molecule has 0 bridgehead atoms. The average molecular weight is 275 g/mol. The number of carbonyl (C=O) groups is 1. The van der Waals surface area contributed by atoms with E-state index in [0.717, 1.165) is 11.8 Å². The Bertz CT molecular complexity index is 482. The molecule has 0 spiro atoms. The summed E-state index contributed by atoms with van der Waals surface area (Å²) in [4.78, 5) is 11.2. The van der Waals surface area contributed by atoms with Crippen LogP contribution in [0.5, 0.6) is 5.75 Å². The first kappa shape index (κ1) is 13.9. The summed E-state index contributed by atoms with van der Waals surface area (Å²) >= 11 is 0.907. The molecule has 0 aliphatic carbocycles. The monoisotopic (exact) mass is 275 g/mol. The maximum absolute atomic E-state index is 11.7. The van der Waals surface area contributed by atoms with Crippen molar-refractivity contribution in [1.29, 1.82) is 0 Å². The Kier molecular flexibility index (Phi) is 4.83. The van der Waals surface area contributed by atoms with E-state index in [-0.39, 0.29) is 4.90 Å². The number of carbonyl (C=O) groups excluding carboxylic acids is 1. The molecular formula is C10H13NO4S2. The molecule has 0 saturated heterocycles. The summed E-state index contributed by atoms with van der Waals surface area (Å²) in [6.45, 7) is 1.77. The number of nitrogens with one attached hydrogen (secondary N) is 1. The van der Waals surface area contributed by atoms with Crippen LogP contribution in [0.2, 0.25) is 0 Å². The summed E-state index contributed by atoms with van der Waals surface area (Å²) in [5.41, 5.74) is 0. The molecule has 17 heavy (non-hydrogen) atoms. The maximum atomic E-state index is 11.7. The van der Waals surface area contributed by atoms with Crippen molar-refractivity contribution in [2.45, 2.75) is 11.8 Å². The predicted molar refractivity (Wildman–Crippen MR) is 66.8 cm³/mol. The molecule has 1 amide bonds. The number of amides is 1. The summed E-state index contributed by atoms with van der Waals surface area (Å²) in [5, 5.41) is -0.580. The van der Waals surface area contributed by atoms with E-state index in [9.17, 15) is 13.2 Å². The van der Waals surface area contributed by atoms with Crippen molar-refractivity contribution in [3.63, 3.8) is 0 Å². The van der Waals surface area contributed by atoms with Crippen LogP contribution in [-0.4, -0.2) is 26.5 Å². The van der Waals surface area contributed by atoms with E-state index < -0.39 is 15.3 Å². The van der Waals surface area contributed by atoms with Crippen molar-refractivity contribution in [3.05, 3.63) is 24.3 Å². The van der Waals surface area contributed by atoms with Crippen molar-refractivity contribution in [1.82, 2.24) is 4.72 Å². The molecule has 0 aliphatic heterocycles. The Balaban J connectivity index is 2.85. The molecule has 0 radical (unpaired) electrons. The zero-order valence-electron chi connectivity index (χ0n) is 9.47. The van der Waals surface area contributed by atoms with E-state index in [0.29, 0.717) is 11.5 Å². The van der Waals surface area contributed by atoms with Crippen LogP contribution in [-0.2, 0) is 10.0 Å². The minimum atomic E-state index is -3.78. The Hall–Kier alpha value is -1.21. The lowest BCUT2D eigenvalue weighted by molar-refractivity contribution is 0.265. The molecule has 1 rings (SSSR count). The number of thioether (sulfide) groups is 1. The highest BCUT2D eigenvalue weighted by atomic mass is 32.2. The predicted octanol–water partition coefficient (Wildman–Crippen LogP) is 1.85. The highest BCUT2D eigenvalue weighted by molar-refractivity contribution is 8.14. The second-order valence-electron chi connectivity index (χ2n) is 3.00. The third-order valence-corrected chi connectivity index (χ3v) is 3.99. The Morgan fingerprint density at radius 1 is 1.35 bits per heavy atom. The van der Waals surface area contributed by atoms with Crippen molar-refractivity contribution in [2.75, 3.05) is 12.9 Å². The van der Waals surface area contributed by atoms with Gasteiger partial charge in [-0.25, -0.2) is 13.1 Å². The van der Waals surface area contributed by atoms with Crippen LogP contribution in [0.4, 0.5) is 4.79 Å². The largest absolute Gasteiger partial charge is 0.497 e. The smallest absolute Gasteiger partial charge is 0.292 e. The van der Waals surface area contributed by atoms with Crippen molar-refractivity contribution in [3.8, 4) is 5.75 Å². The van der Waals surface area contributed by atoms with E-state index >= 15 is 0 Å². The minimum Gasteiger partial charge on any atom is -0.497 e. The second-order valence-corrected chi connectivity index (χ2v) is 5.92. The molecule has 0 fully saturated rings. The molecular weight excluding hydrogens is 262 g/mol. The van der Waals surface area contributed by atoms with Gasteiger partial charge in [-0.15, -0.1) is 0 Å². The molecule has 1 aromatic carbocycles. The van der Waals surface area contributed by atoms with Gasteiger partial charge in [-0.2, -0.15) is 0 Å². The lowest BCUT2D eigenvalue weighted by Crippen LogP contribution is -2.27. The molecule has 7 heteroatoms. The van der Waals surface area contributed by atoms with Crippen molar-refractivity contribution >= 4 is 27.0 Å². The van der Waals surface area contributed by atoms with Crippen LogP contribution in [0.1, 0.15) is 6.92 Å². The lowest BCUT2D eigenvalue weighted by Gasteiger charge is -2.06. The van der Waals surface area contributed by atoms with Crippen molar-refractivity contribution < 1.29 is 17.9 Å². The van der Waals surface area contributed by atoms with Crippen LogP contribution in [0.25, 0.3) is 0 Å². The lowest BCUT2D eigenvalue weighted by atomic mass is 10.3.